The van der Waals surface area contributed by atoms with Gasteiger partial charge in [-0.15, -0.1) is 0 Å². The van der Waals surface area contributed by atoms with E-state index in [0.717, 1.165) is 5.56 Å². The van der Waals surface area contributed by atoms with Gasteiger partial charge in [-0.1, -0.05) is 12.1 Å². The molecule has 2 aromatic rings. The molecular weight excluding hydrogens is 313 g/mol. The Kier molecular flexibility index (Phi) is 4.09. The molecule has 1 aromatic heterocycles. The smallest absolute Gasteiger partial charge is 0.289 e. The maximum atomic E-state index is 13.2. The van der Waals surface area contributed by atoms with Crippen LogP contribution in [-0.2, 0) is 4.79 Å². The molecule has 1 aliphatic rings. The fraction of sp³-hybridized carbons (Fsp3) is 0.353. The van der Waals surface area contributed by atoms with Crippen molar-refractivity contribution in [2.24, 2.45) is 0 Å². The number of carbonyl (C=O) groups is 2. The Morgan fingerprint density at radius 2 is 2.00 bits per heavy atom. The third-order valence-electron chi connectivity index (χ3n) is 4.22. The molecule has 3 rings (SSSR count). The molecule has 2 heterocycles. The van der Waals surface area contributed by atoms with Crippen LogP contribution in [0.4, 0.5) is 4.39 Å². The zero-order valence-electron chi connectivity index (χ0n) is 13.7. The number of likely N-dealkylation sites (tertiary alicyclic amines) is 1. The van der Waals surface area contributed by atoms with Gasteiger partial charge in [0.05, 0.1) is 17.8 Å². The van der Waals surface area contributed by atoms with Gasteiger partial charge in [-0.3, -0.25) is 9.59 Å². The molecule has 1 saturated heterocycles. The molecule has 2 atom stereocenters. The van der Waals surface area contributed by atoms with Gasteiger partial charge in [0.1, 0.15) is 5.82 Å². The Balaban J connectivity index is 1.85. The number of carbonyl (C=O) groups excluding carboxylic acids is 2. The van der Waals surface area contributed by atoms with Crippen LogP contribution in [0.25, 0.3) is 0 Å². The normalized spacial score (nSPS) is 20.5. The molecular formula is C17H18FN3O3. The van der Waals surface area contributed by atoms with Gasteiger partial charge in [-0.05, 0) is 24.6 Å². The number of hydrogen-bond donors (Lipinski definition) is 1. The molecule has 0 bridgehead atoms. The molecule has 1 N–H and O–H groups in total. The van der Waals surface area contributed by atoms with Gasteiger partial charge in [0.15, 0.2) is 5.89 Å². The average Bonchev–Trinajstić information content (AvgIpc) is 3.00. The summed E-state index contributed by atoms with van der Waals surface area (Å²) in [5.74, 6) is -0.285. The van der Waals surface area contributed by atoms with Crippen LogP contribution >= 0.6 is 0 Å². The molecule has 0 saturated carbocycles. The summed E-state index contributed by atoms with van der Waals surface area (Å²) in [4.78, 5) is 30.2. The molecule has 0 radical (unpaired) electrons. The molecule has 1 aliphatic heterocycles. The number of halogens is 1. The van der Waals surface area contributed by atoms with Crippen molar-refractivity contribution in [1.82, 2.24) is 15.2 Å². The summed E-state index contributed by atoms with van der Waals surface area (Å²) in [5, 5.41) is 2.84. The molecule has 0 spiro atoms. The van der Waals surface area contributed by atoms with Crippen LogP contribution in [0.5, 0.6) is 0 Å². The minimum Gasteiger partial charge on any atom is -0.436 e. The maximum Gasteiger partial charge on any atom is 0.289 e. The number of nitrogens with one attached hydrogen (secondary N) is 1. The lowest BCUT2D eigenvalue weighted by Gasteiger charge is -2.25. The van der Waals surface area contributed by atoms with Gasteiger partial charge in [0, 0.05) is 20.4 Å². The highest BCUT2D eigenvalue weighted by molar-refractivity contribution is 5.93. The van der Waals surface area contributed by atoms with E-state index in [-0.39, 0.29) is 29.9 Å². The van der Waals surface area contributed by atoms with E-state index < -0.39 is 11.9 Å². The third-order valence-corrected chi connectivity index (χ3v) is 4.22. The topological polar surface area (TPSA) is 75.4 Å². The Bertz CT molecular complexity index is 785. The van der Waals surface area contributed by atoms with E-state index >= 15 is 0 Å². The van der Waals surface area contributed by atoms with Crippen molar-refractivity contribution >= 4 is 11.8 Å². The highest BCUT2D eigenvalue weighted by Gasteiger charge is 2.40. The lowest BCUT2D eigenvalue weighted by molar-refractivity contribution is -0.127. The lowest BCUT2D eigenvalue weighted by atomic mass is 10.00. The number of aryl methyl sites for hydroxylation is 2. The average molecular weight is 331 g/mol. The fourth-order valence-corrected chi connectivity index (χ4v) is 3.09. The molecule has 0 aliphatic carbocycles. The SMILES string of the molecule is Cc1nc(C)c(C(=O)N[C@H]2CC(=O)N(C)[C@@H]2c2ccc(F)cc2)o1. The van der Waals surface area contributed by atoms with Crippen LogP contribution in [0.1, 0.15) is 40.2 Å². The van der Waals surface area contributed by atoms with Crippen molar-refractivity contribution in [3.8, 4) is 0 Å². The minimum absolute atomic E-state index is 0.0832. The quantitative estimate of drug-likeness (QED) is 0.935. The van der Waals surface area contributed by atoms with Crippen molar-refractivity contribution in [3.63, 3.8) is 0 Å². The zero-order valence-corrected chi connectivity index (χ0v) is 13.7. The van der Waals surface area contributed by atoms with E-state index in [0.29, 0.717) is 11.6 Å². The molecule has 24 heavy (non-hydrogen) atoms. The number of aromatic nitrogens is 1. The molecule has 6 nitrogen and oxygen atoms in total. The fourth-order valence-electron chi connectivity index (χ4n) is 3.09. The highest BCUT2D eigenvalue weighted by atomic mass is 19.1. The Labute approximate surface area is 138 Å². The number of hydrogen-bond acceptors (Lipinski definition) is 4. The Morgan fingerprint density at radius 1 is 1.33 bits per heavy atom. The first-order valence-electron chi connectivity index (χ1n) is 7.63. The largest absolute Gasteiger partial charge is 0.436 e. The standard InChI is InChI=1S/C17H18FN3O3/c1-9-16(24-10(2)19-9)17(23)20-13-8-14(22)21(3)15(13)11-4-6-12(18)7-5-11/h4-7,13,15H,8H2,1-3H3,(H,20,23)/t13-,15+/m0/s1. The predicted molar refractivity (Wildman–Crippen MR) is 83.8 cm³/mol. The molecule has 126 valence electrons. The third kappa shape index (κ3) is 2.89. The van der Waals surface area contributed by atoms with E-state index in [2.05, 4.69) is 10.3 Å². The van der Waals surface area contributed by atoms with Crippen LogP contribution in [0.2, 0.25) is 0 Å². The summed E-state index contributed by atoms with van der Waals surface area (Å²) in [6, 6.07) is 5.15. The van der Waals surface area contributed by atoms with E-state index in [1.807, 2.05) is 0 Å². The van der Waals surface area contributed by atoms with E-state index in [1.165, 1.54) is 12.1 Å². The summed E-state index contributed by atoms with van der Waals surface area (Å²) < 4.78 is 18.5. The Hall–Kier alpha value is -2.70. The number of amides is 2. The summed E-state index contributed by atoms with van der Waals surface area (Å²) in [5.41, 5.74) is 1.27. The second-order valence-corrected chi connectivity index (χ2v) is 5.93. The number of likely N-dealkylation sites (N-methyl/N-ethyl adjacent to an activating group) is 1. The monoisotopic (exact) mass is 331 g/mol. The van der Waals surface area contributed by atoms with Crippen LogP contribution in [0.15, 0.2) is 28.7 Å². The van der Waals surface area contributed by atoms with Crippen LogP contribution in [-0.4, -0.2) is 34.8 Å². The van der Waals surface area contributed by atoms with E-state index in [1.54, 1.807) is 37.9 Å². The number of nitrogens with zero attached hydrogens (tertiary/aromatic N) is 2. The first-order valence-corrected chi connectivity index (χ1v) is 7.63. The van der Waals surface area contributed by atoms with E-state index in [4.69, 9.17) is 4.42 Å². The lowest BCUT2D eigenvalue weighted by Crippen LogP contribution is -2.39. The molecule has 0 unspecified atom stereocenters. The zero-order chi connectivity index (χ0) is 17.4. The molecule has 7 heteroatoms. The summed E-state index contributed by atoms with van der Waals surface area (Å²) in [6.45, 7) is 3.35. The first-order chi connectivity index (χ1) is 11.4. The van der Waals surface area contributed by atoms with Crippen LogP contribution in [0.3, 0.4) is 0 Å². The van der Waals surface area contributed by atoms with Crippen molar-refractivity contribution in [3.05, 3.63) is 53.0 Å². The second-order valence-electron chi connectivity index (χ2n) is 5.93. The number of rotatable bonds is 3. The van der Waals surface area contributed by atoms with Gasteiger partial charge < -0.3 is 14.6 Å². The van der Waals surface area contributed by atoms with Gasteiger partial charge in [-0.2, -0.15) is 0 Å². The van der Waals surface area contributed by atoms with Gasteiger partial charge in [0.25, 0.3) is 5.91 Å². The second kappa shape index (κ2) is 6.07. The minimum atomic E-state index is -0.426. The van der Waals surface area contributed by atoms with E-state index in [9.17, 15) is 14.0 Å². The Morgan fingerprint density at radius 3 is 2.58 bits per heavy atom. The number of oxazole rings is 1. The highest BCUT2D eigenvalue weighted by Crippen LogP contribution is 2.32. The van der Waals surface area contributed by atoms with Crippen molar-refractivity contribution in [2.45, 2.75) is 32.4 Å². The van der Waals surface area contributed by atoms with Gasteiger partial charge >= 0.3 is 0 Å². The predicted octanol–water partition coefficient (Wildman–Crippen LogP) is 2.13. The van der Waals surface area contributed by atoms with Crippen molar-refractivity contribution in [1.29, 1.82) is 0 Å². The van der Waals surface area contributed by atoms with Crippen molar-refractivity contribution in [2.75, 3.05) is 7.05 Å². The summed E-state index contributed by atoms with van der Waals surface area (Å²) >= 11 is 0. The maximum absolute atomic E-state index is 13.2. The molecule has 1 fully saturated rings. The van der Waals surface area contributed by atoms with Gasteiger partial charge in [0.2, 0.25) is 11.7 Å². The molecule has 2 amide bonds. The van der Waals surface area contributed by atoms with Gasteiger partial charge in [-0.25, -0.2) is 9.37 Å². The molecule has 1 aromatic carbocycles. The van der Waals surface area contributed by atoms with Crippen LogP contribution < -0.4 is 5.32 Å². The summed E-state index contributed by atoms with van der Waals surface area (Å²) in [7, 11) is 1.67. The first kappa shape index (κ1) is 16.2. The van der Waals surface area contributed by atoms with Crippen molar-refractivity contribution < 1.29 is 18.4 Å². The summed E-state index contributed by atoms with van der Waals surface area (Å²) in [6.07, 6.45) is 0.177. The number of benzene rings is 1. The van der Waals surface area contributed by atoms with Crippen LogP contribution in [0, 0.1) is 19.7 Å².